The molecule has 154 valence electrons. The van der Waals surface area contributed by atoms with Crippen LogP contribution in [0.3, 0.4) is 0 Å². The van der Waals surface area contributed by atoms with Crippen molar-refractivity contribution in [1.29, 1.82) is 0 Å². The maximum atomic E-state index is 13.6. The number of nitrogens with one attached hydrogen (secondary N) is 2. The molecule has 1 aromatic rings. The maximum Gasteiger partial charge on any atom is 0.191 e. The van der Waals surface area contributed by atoms with Gasteiger partial charge in [0.15, 0.2) is 5.96 Å². The van der Waals surface area contributed by atoms with Crippen molar-refractivity contribution < 1.29 is 18.3 Å². The molecular weight excluding hydrogens is 467 g/mol. The first kappa shape index (κ1) is 24.0. The SMILES string of the molecule is CCNC(=NCCCOCC1CCOC1)NCCc1c(F)cccc1F.I. The third kappa shape index (κ3) is 9.16. The molecule has 1 atom stereocenters. The van der Waals surface area contributed by atoms with Gasteiger partial charge in [0, 0.05) is 44.3 Å². The Kier molecular flexibility index (Phi) is 12.5. The summed E-state index contributed by atoms with van der Waals surface area (Å²) >= 11 is 0. The van der Waals surface area contributed by atoms with E-state index >= 15 is 0 Å². The average Bonchev–Trinajstić information content (AvgIpc) is 3.13. The highest BCUT2D eigenvalue weighted by atomic mass is 127. The number of halogens is 3. The summed E-state index contributed by atoms with van der Waals surface area (Å²) in [5.74, 6) is 0.141. The second-order valence-electron chi connectivity index (χ2n) is 6.30. The molecule has 0 radical (unpaired) electrons. The van der Waals surface area contributed by atoms with Gasteiger partial charge >= 0.3 is 0 Å². The molecule has 1 unspecified atom stereocenters. The molecule has 5 nitrogen and oxygen atoms in total. The zero-order chi connectivity index (χ0) is 18.6. The number of hydrogen-bond donors (Lipinski definition) is 2. The molecular formula is C19H30F2IN3O2. The standard InChI is InChI=1S/C19H29F2N3O2.HI/c1-2-22-19(23-9-4-11-25-13-15-8-12-26-14-15)24-10-7-16-17(20)5-3-6-18(16)21;/h3,5-6,15H,2,4,7-14H2,1H3,(H2,22,23,24);1H. The van der Waals surface area contributed by atoms with Gasteiger partial charge < -0.3 is 20.1 Å². The second kappa shape index (κ2) is 14.1. The predicted octanol–water partition coefficient (Wildman–Crippen LogP) is 3.12. The molecule has 2 N–H and O–H groups in total. The summed E-state index contributed by atoms with van der Waals surface area (Å²) in [6.07, 6.45) is 2.16. The number of benzene rings is 1. The summed E-state index contributed by atoms with van der Waals surface area (Å²) in [5, 5.41) is 6.24. The topological polar surface area (TPSA) is 54.9 Å². The molecule has 1 fully saturated rings. The van der Waals surface area contributed by atoms with Crippen molar-refractivity contribution in [3.8, 4) is 0 Å². The molecule has 1 saturated heterocycles. The molecule has 8 heteroatoms. The number of nitrogens with zero attached hydrogens (tertiary/aromatic N) is 1. The lowest BCUT2D eigenvalue weighted by Crippen LogP contribution is -2.38. The lowest BCUT2D eigenvalue weighted by Gasteiger charge is -2.12. The molecule has 2 rings (SSSR count). The van der Waals surface area contributed by atoms with E-state index < -0.39 is 11.6 Å². The molecule has 0 amide bonds. The molecule has 1 aliphatic heterocycles. The van der Waals surface area contributed by atoms with E-state index in [1.54, 1.807) is 0 Å². The zero-order valence-corrected chi connectivity index (χ0v) is 18.1. The van der Waals surface area contributed by atoms with Gasteiger partial charge in [-0.1, -0.05) is 6.07 Å². The average molecular weight is 497 g/mol. The van der Waals surface area contributed by atoms with Gasteiger partial charge in [-0.3, -0.25) is 4.99 Å². The van der Waals surface area contributed by atoms with Crippen molar-refractivity contribution in [1.82, 2.24) is 10.6 Å². The monoisotopic (exact) mass is 497 g/mol. The molecule has 0 saturated carbocycles. The van der Waals surface area contributed by atoms with Crippen molar-refractivity contribution in [2.75, 3.05) is 46.1 Å². The van der Waals surface area contributed by atoms with Crippen molar-refractivity contribution in [2.24, 2.45) is 10.9 Å². The largest absolute Gasteiger partial charge is 0.381 e. The van der Waals surface area contributed by atoms with Crippen LogP contribution < -0.4 is 10.6 Å². The Balaban J connectivity index is 0.00000364. The van der Waals surface area contributed by atoms with Gasteiger partial charge in [-0.2, -0.15) is 0 Å². The Bertz CT molecular complexity index is 550. The first-order valence-electron chi connectivity index (χ1n) is 9.31. The summed E-state index contributed by atoms with van der Waals surface area (Å²) in [7, 11) is 0. The Morgan fingerprint density at radius 1 is 1.30 bits per heavy atom. The number of aliphatic imine (C=N–C) groups is 1. The van der Waals surface area contributed by atoms with Crippen LogP contribution in [0.15, 0.2) is 23.2 Å². The van der Waals surface area contributed by atoms with Crippen LogP contribution in [0, 0.1) is 17.6 Å². The number of ether oxygens (including phenoxy) is 2. The van der Waals surface area contributed by atoms with E-state index in [0.717, 1.165) is 39.2 Å². The van der Waals surface area contributed by atoms with E-state index in [-0.39, 0.29) is 36.0 Å². The van der Waals surface area contributed by atoms with Crippen LogP contribution in [-0.4, -0.2) is 52.0 Å². The van der Waals surface area contributed by atoms with Crippen LogP contribution in [-0.2, 0) is 15.9 Å². The minimum absolute atomic E-state index is 0. The maximum absolute atomic E-state index is 13.6. The smallest absolute Gasteiger partial charge is 0.191 e. The molecule has 1 heterocycles. The van der Waals surface area contributed by atoms with Gasteiger partial charge in [0.05, 0.1) is 13.2 Å². The fraction of sp³-hybridized carbons (Fsp3) is 0.632. The summed E-state index contributed by atoms with van der Waals surface area (Å²) < 4.78 is 38.2. The second-order valence-corrected chi connectivity index (χ2v) is 6.30. The molecule has 0 aromatic heterocycles. The van der Waals surface area contributed by atoms with Crippen LogP contribution in [0.2, 0.25) is 0 Å². The van der Waals surface area contributed by atoms with E-state index in [4.69, 9.17) is 9.47 Å². The molecule has 0 bridgehead atoms. The van der Waals surface area contributed by atoms with Crippen LogP contribution in [0.4, 0.5) is 8.78 Å². The van der Waals surface area contributed by atoms with Crippen LogP contribution >= 0.6 is 24.0 Å². The van der Waals surface area contributed by atoms with E-state index in [0.29, 0.717) is 31.6 Å². The number of hydrogen-bond acceptors (Lipinski definition) is 3. The first-order chi connectivity index (χ1) is 12.7. The van der Waals surface area contributed by atoms with E-state index in [2.05, 4.69) is 15.6 Å². The van der Waals surface area contributed by atoms with Crippen LogP contribution in [0.5, 0.6) is 0 Å². The molecule has 0 spiro atoms. The lowest BCUT2D eigenvalue weighted by molar-refractivity contribution is 0.0893. The molecule has 1 aromatic carbocycles. The minimum atomic E-state index is -0.515. The third-order valence-electron chi connectivity index (χ3n) is 4.17. The minimum Gasteiger partial charge on any atom is -0.381 e. The number of guanidine groups is 1. The summed E-state index contributed by atoms with van der Waals surface area (Å²) in [5.41, 5.74) is 0.0974. The van der Waals surface area contributed by atoms with E-state index in [1.165, 1.54) is 18.2 Å². The van der Waals surface area contributed by atoms with Gasteiger partial charge in [0.2, 0.25) is 0 Å². The molecule has 0 aliphatic carbocycles. The highest BCUT2D eigenvalue weighted by molar-refractivity contribution is 14.0. The normalized spacial score (nSPS) is 16.9. The van der Waals surface area contributed by atoms with Crippen molar-refractivity contribution in [3.05, 3.63) is 35.4 Å². The van der Waals surface area contributed by atoms with Crippen molar-refractivity contribution in [2.45, 2.75) is 26.2 Å². The predicted molar refractivity (Wildman–Crippen MR) is 114 cm³/mol. The summed E-state index contributed by atoms with van der Waals surface area (Å²) in [6, 6.07) is 3.92. The summed E-state index contributed by atoms with van der Waals surface area (Å²) in [6.45, 7) is 6.78. The van der Waals surface area contributed by atoms with E-state index in [1.807, 2.05) is 6.92 Å². The van der Waals surface area contributed by atoms with Crippen molar-refractivity contribution >= 4 is 29.9 Å². The number of rotatable bonds is 10. The fourth-order valence-electron chi connectivity index (χ4n) is 2.74. The van der Waals surface area contributed by atoms with Gasteiger partial charge in [0.25, 0.3) is 0 Å². The van der Waals surface area contributed by atoms with E-state index in [9.17, 15) is 8.78 Å². The van der Waals surface area contributed by atoms with Crippen molar-refractivity contribution in [3.63, 3.8) is 0 Å². The van der Waals surface area contributed by atoms with Crippen LogP contribution in [0.1, 0.15) is 25.3 Å². The summed E-state index contributed by atoms with van der Waals surface area (Å²) in [4.78, 5) is 4.46. The molecule has 27 heavy (non-hydrogen) atoms. The lowest BCUT2D eigenvalue weighted by atomic mass is 10.1. The molecule has 1 aliphatic rings. The van der Waals surface area contributed by atoms with Gasteiger partial charge in [-0.25, -0.2) is 8.78 Å². The Morgan fingerprint density at radius 3 is 2.74 bits per heavy atom. The zero-order valence-electron chi connectivity index (χ0n) is 15.8. The Morgan fingerprint density at radius 2 is 2.07 bits per heavy atom. The first-order valence-corrected chi connectivity index (χ1v) is 9.31. The highest BCUT2D eigenvalue weighted by Crippen LogP contribution is 2.12. The Labute approximate surface area is 177 Å². The van der Waals surface area contributed by atoms with Crippen LogP contribution in [0.25, 0.3) is 0 Å². The van der Waals surface area contributed by atoms with Gasteiger partial charge in [-0.15, -0.1) is 24.0 Å². The van der Waals surface area contributed by atoms with Gasteiger partial charge in [0.1, 0.15) is 11.6 Å². The highest BCUT2D eigenvalue weighted by Gasteiger charge is 2.15. The van der Waals surface area contributed by atoms with Gasteiger partial charge in [-0.05, 0) is 38.3 Å². The quantitative estimate of drug-likeness (QED) is 0.226. The fourth-order valence-corrected chi connectivity index (χ4v) is 2.74. The Hall–Kier alpha value is -1.000. The third-order valence-corrected chi connectivity index (χ3v) is 4.17.